The molecular formula is C16H25NO. The van der Waals surface area contributed by atoms with E-state index in [0.29, 0.717) is 5.92 Å². The topological polar surface area (TPSA) is 33.1 Å². The molecule has 3 atom stereocenters. The van der Waals surface area contributed by atoms with E-state index >= 15 is 0 Å². The first-order valence-electron chi connectivity index (χ1n) is 7.37. The van der Waals surface area contributed by atoms with Gasteiger partial charge in [0.2, 0.25) is 0 Å². The Bertz CT molecular complexity index is 377. The van der Waals surface area contributed by atoms with Crippen LogP contribution in [-0.2, 0) is 6.42 Å². The second-order valence-electron chi connectivity index (χ2n) is 5.57. The molecule has 1 aliphatic rings. The molecule has 1 aromatic rings. The normalized spacial score (nSPS) is 25.9. The summed E-state index contributed by atoms with van der Waals surface area (Å²) < 4.78 is 0. The van der Waals surface area contributed by atoms with Crippen LogP contribution in [0, 0.1) is 11.8 Å². The lowest BCUT2D eigenvalue weighted by Gasteiger charge is -2.32. The smallest absolute Gasteiger partial charge is 0.0822 e. The maximum absolute atomic E-state index is 10.6. The molecule has 0 bridgehead atoms. The predicted octanol–water partition coefficient (Wildman–Crippen LogP) is 3.89. The average Bonchev–Trinajstić information content (AvgIpc) is 2.46. The highest BCUT2D eigenvalue weighted by Crippen LogP contribution is 2.39. The van der Waals surface area contributed by atoms with E-state index in [-0.39, 0.29) is 6.10 Å². The van der Waals surface area contributed by atoms with Crippen LogP contribution < -0.4 is 0 Å². The van der Waals surface area contributed by atoms with E-state index in [4.69, 9.17) is 0 Å². The van der Waals surface area contributed by atoms with E-state index in [1.54, 1.807) is 6.20 Å². The van der Waals surface area contributed by atoms with Gasteiger partial charge < -0.3 is 5.11 Å². The molecule has 1 N–H and O–H groups in total. The van der Waals surface area contributed by atoms with Crippen LogP contribution in [0.1, 0.15) is 63.2 Å². The molecular weight excluding hydrogens is 222 g/mol. The molecule has 1 aromatic heterocycles. The van der Waals surface area contributed by atoms with Gasteiger partial charge in [0.1, 0.15) is 0 Å². The zero-order valence-corrected chi connectivity index (χ0v) is 11.6. The van der Waals surface area contributed by atoms with Gasteiger partial charge in [-0.05, 0) is 48.3 Å². The quantitative estimate of drug-likeness (QED) is 0.875. The minimum atomic E-state index is -0.294. The molecule has 1 heterocycles. The van der Waals surface area contributed by atoms with Crippen molar-refractivity contribution < 1.29 is 5.11 Å². The van der Waals surface area contributed by atoms with Gasteiger partial charge in [-0.1, -0.05) is 33.1 Å². The first kappa shape index (κ1) is 13.5. The molecule has 100 valence electrons. The van der Waals surface area contributed by atoms with Crippen molar-refractivity contribution in [3.05, 3.63) is 29.6 Å². The lowest BCUT2D eigenvalue weighted by molar-refractivity contribution is 0.0671. The molecule has 0 amide bonds. The fourth-order valence-corrected chi connectivity index (χ4v) is 3.27. The predicted molar refractivity (Wildman–Crippen MR) is 74.3 cm³/mol. The number of rotatable bonds is 4. The summed E-state index contributed by atoms with van der Waals surface area (Å²) in [7, 11) is 0. The molecule has 0 radical (unpaired) electrons. The van der Waals surface area contributed by atoms with Crippen molar-refractivity contribution in [3.63, 3.8) is 0 Å². The molecule has 2 heteroatoms. The summed E-state index contributed by atoms with van der Waals surface area (Å²) in [6.07, 6.45) is 10.6. The fourth-order valence-electron chi connectivity index (χ4n) is 3.27. The summed E-state index contributed by atoms with van der Waals surface area (Å²) in [5, 5.41) is 10.6. The van der Waals surface area contributed by atoms with E-state index in [1.807, 2.05) is 12.3 Å². The zero-order chi connectivity index (χ0) is 13.0. The lowest BCUT2D eigenvalue weighted by atomic mass is 9.76. The third-order valence-corrected chi connectivity index (χ3v) is 4.49. The van der Waals surface area contributed by atoms with Crippen LogP contribution in [0.4, 0.5) is 0 Å². The number of aliphatic hydroxyl groups is 1. The molecule has 1 fully saturated rings. The minimum Gasteiger partial charge on any atom is -0.388 e. The van der Waals surface area contributed by atoms with E-state index in [2.05, 4.69) is 18.8 Å². The summed E-state index contributed by atoms with van der Waals surface area (Å²) in [6.45, 7) is 4.40. The first-order chi connectivity index (χ1) is 8.76. The second-order valence-corrected chi connectivity index (χ2v) is 5.57. The van der Waals surface area contributed by atoms with Gasteiger partial charge in [-0.2, -0.15) is 0 Å². The Balaban J connectivity index is 2.12. The standard InChI is InChI=1S/C16H25NO/c1-3-12-6-5-7-14(10-12)16(18)15-8-9-17-11-13(15)4-2/h8-9,11-12,14,16,18H,3-7,10H2,1-2H3. The number of aromatic nitrogens is 1. The zero-order valence-electron chi connectivity index (χ0n) is 11.6. The molecule has 0 aliphatic heterocycles. The second kappa shape index (κ2) is 6.33. The van der Waals surface area contributed by atoms with Crippen LogP contribution in [0.25, 0.3) is 0 Å². The molecule has 3 unspecified atom stereocenters. The third-order valence-electron chi connectivity index (χ3n) is 4.49. The van der Waals surface area contributed by atoms with Gasteiger partial charge in [-0.15, -0.1) is 0 Å². The van der Waals surface area contributed by atoms with Crippen LogP contribution in [-0.4, -0.2) is 10.1 Å². The van der Waals surface area contributed by atoms with Gasteiger partial charge in [0.25, 0.3) is 0 Å². The summed E-state index contributed by atoms with van der Waals surface area (Å²) >= 11 is 0. The molecule has 0 saturated heterocycles. The Labute approximate surface area is 110 Å². The van der Waals surface area contributed by atoms with Crippen LogP contribution in [0.5, 0.6) is 0 Å². The van der Waals surface area contributed by atoms with Crippen molar-refractivity contribution in [2.45, 2.75) is 58.5 Å². The molecule has 18 heavy (non-hydrogen) atoms. The van der Waals surface area contributed by atoms with Gasteiger partial charge in [-0.3, -0.25) is 4.98 Å². The van der Waals surface area contributed by atoms with Gasteiger partial charge >= 0.3 is 0 Å². The van der Waals surface area contributed by atoms with Crippen molar-refractivity contribution in [2.75, 3.05) is 0 Å². The monoisotopic (exact) mass is 247 g/mol. The van der Waals surface area contributed by atoms with Crippen molar-refractivity contribution in [3.8, 4) is 0 Å². The largest absolute Gasteiger partial charge is 0.388 e. The van der Waals surface area contributed by atoms with E-state index in [9.17, 15) is 5.11 Å². The summed E-state index contributed by atoms with van der Waals surface area (Å²) in [5.41, 5.74) is 2.30. The van der Waals surface area contributed by atoms with Crippen LogP contribution in [0.3, 0.4) is 0 Å². The fraction of sp³-hybridized carbons (Fsp3) is 0.688. The SMILES string of the molecule is CCc1cnccc1C(O)C1CCCC(CC)C1. The highest BCUT2D eigenvalue weighted by Gasteiger charge is 2.28. The molecule has 2 rings (SSSR count). The number of pyridine rings is 1. The Hall–Kier alpha value is -0.890. The molecule has 0 aromatic carbocycles. The van der Waals surface area contributed by atoms with Crippen LogP contribution in [0.15, 0.2) is 18.5 Å². The number of aliphatic hydroxyl groups excluding tert-OH is 1. The number of hydrogen-bond donors (Lipinski definition) is 1. The lowest BCUT2D eigenvalue weighted by Crippen LogP contribution is -2.22. The maximum Gasteiger partial charge on any atom is 0.0822 e. The number of nitrogens with zero attached hydrogens (tertiary/aromatic N) is 1. The van der Waals surface area contributed by atoms with E-state index in [1.165, 1.54) is 37.7 Å². The molecule has 1 saturated carbocycles. The first-order valence-corrected chi connectivity index (χ1v) is 7.37. The minimum absolute atomic E-state index is 0.294. The Kier molecular flexibility index (Phi) is 4.76. The number of hydrogen-bond acceptors (Lipinski definition) is 2. The Morgan fingerprint density at radius 1 is 1.39 bits per heavy atom. The summed E-state index contributed by atoms with van der Waals surface area (Å²) in [4.78, 5) is 4.16. The van der Waals surface area contributed by atoms with E-state index in [0.717, 1.165) is 17.9 Å². The molecule has 1 aliphatic carbocycles. The van der Waals surface area contributed by atoms with Gasteiger partial charge in [0, 0.05) is 12.4 Å². The van der Waals surface area contributed by atoms with Crippen molar-refractivity contribution in [1.82, 2.24) is 4.98 Å². The molecule has 0 spiro atoms. The highest BCUT2D eigenvalue weighted by molar-refractivity contribution is 5.26. The van der Waals surface area contributed by atoms with Crippen LogP contribution >= 0.6 is 0 Å². The van der Waals surface area contributed by atoms with Gasteiger partial charge in [-0.25, -0.2) is 0 Å². The van der Waals surface area contributed by atoms with Gasteiger partial charge in [0.05, 0.1) is 6.10 Å². The maximum atomic E-state index is 10.6. The average molecular weight is 247 g/mol. The summed E-state index contributed by atoms with van der Waals surface area (Å²) in [5.74, 6) is 1.25. The van der Waals surface area contributed by atoms with Crippen molar-refractivity contribution in [2.24, 2.45) is 11.8 Å². The Morgan fingerprint density at radius 2 is 2.22 bits per heavy atom. The Morgan fingerprint density at radius 3 is 2.94 bits per heavy atom. The van der Waals surface area contributed by atoms with Gasteiger partial charge in [0.15, 0.2) is 0 Å². The van der Waals surface area contributed by atoms with Crippen molar-refractivity contribution >= 4 is 0 Å². The molecule has 2 nitrogen and oxygen atoms in total. The van der Waals surface area contributed by atoms with Crippen LogP contribution in [0.2, 0.25) is 0 Å². The van der Waals surface area contributed by atoms with Crippen molar-refractivity contribution in [1.29, 1.82) is 0 Å². The third kappa shape index (κ3) is 2.92. The van der Waals surface area contributed by atoms with E-state index < -0.39 is 0 Å². The number of aryl methyl sites for hydroxylation is 1. The summed E-state index contributed by atoms with van der Waals surface area (Å²) in [6, 6.07) is 2.00. The highest BCUT2D eigenvalue weighted by atomic mass is 16.3.